The highest BCUT2D eigenvalue weighted by molar-refractivity contribution is 8.24. The molecule has 6 rings (SSSR count). The number of hydrogen-bond donors (Lipinski definition) is 0. The molecule has 2 aliphatic carbocycles. The Bertz CT molecular complexity index is 2230. The van der Waals surface area contributed by atoms with E-state index in [1.807, 2.05) is 24.3 Å². The van der Waals surface area contributed by atoms with Gasteiger partial charge in [0.1, 0.15) is 11.5 Å². The van der Waals surface area contributed by atoms with Crippen molar-refractivity contribution in [3.63, 3.8) is 0 Å². The lowest BCUT2D eigenvalue weighted by molar-refractivity contribution is -0.138. The van der Waals surface area contributed by atoms with Gasteiger partial charge in [0.05, 0.1) is 63.8 Å². The van der Waals surface area contributed by atoms with E-state index in [2.05, 4.69) is 18.0 Å². The topological polar surface area (TPSA) is 154 Å². The van der Waals surface area contributed by atoms with Crippen LogP contribution in [0.4, 0.5) is 0 Å². The first kappa shape index (κ1) is 54.7. The molecule has 0 saturated heterocycles. The number of esters is 5. The van der Waals surface area contributed by atoms with E-state index in [-0.39, 0.29) is 47.9 Å². The third-order valence-corrected chi connectivity index (χ3v) is 15.4. The van der Waals surface area contributed by atoms with Crippen LogP contribution in [0.15, 0.2) is 106 Å². The molecule has 0 atom stereocenters. The zero-order valence-electron chi connectivity index (χ0n) is 40.7. The molecule has 1 aliphatic heterocycles. The number of ether oxygens (including phenoxy) is 7. The highest BCUT2D eigenvalue weighted by Crippen LogP contribution is 2.59. The molecular weight excluding hydrogens is 943 g/mol. The minimum atomic E-state index is -0.771. The molecule has 15 heteroatoms. The summed E-state index contributed by atoms with van der Waals surface area (Å²) in [6.45, 7) is 18.6. The van der Waals surface area contributed by atoms with Crippen molar-refractivity contribution >= 4 is 53.4 Å². The summed E-state index contributed by atoms with van der Waals surface area (Å²) in [6, 6.07) is 18.1. The second-order valence-electron chi connectivity index (χ2n) is 17.7. The first-order valence-corrected chi connectivity index (χ1v) is 26.5. The molecule has 0 amide bonds. The van der Waals surface area contributed by atoms with Crippen LogP contribution in [-0.2, 0) is 38.1 Å². The second kappa shape index (κ2) is 29.0. The van der Waals surface area contributed by atoms with Gasteiger partial charge in [0.15, 0.2) is 0 Å². The number of rotatable bonds is 26. The maximum atomic E-state index is 13.6. The van der Waals surface area contributed by atoms with Crippen molar-refractivity contribution < 1.29 is 57.1 Å². The number of thioether (sulfide) groups is 2. The van der Waals surface area contributed by atoms with Gasteiger partial charge in [-0.1, -0.05) is 73.8 Å². The average molecular weight is 1010 g/mol. The van der Waals surface area contributed by atoms with Gasteiger partial charge >= 0.3 is 29.8 Å². The van der Waals surface area contributed by atoms with E-state index in [4.69, 9.17) is 39.7 Å². The first-order valence-electron chi connectivity index (χ1n) is 24.9. The minimum Gasteiger partial charge on any atom is -0.471 e. The van der Waals surface area contributed by atoms with Crippen molar-refractivity contribution in [3.05, 3.63) is 130 Å². The van der Waals surface area contributed by atoms with E-state index in [1.54, 1.807) is 43.3 Å². The van der Waals surface area contributed by atoms with Crippen LogP contribution >= 0.6 is 23.5 Å². The predicted octanol–water partition coefficient (Wildman–Crippen LogP) is 12.6. The molecule has 2 fully saturated rings. The Morgan fingerprint density at radius 2 is 0.958 bits per heavy atom. The number of nitrogens with zero attached hydrogens (tertiary/aromatic N) is 1. The number of benzene rings is 3. The molecule has 3 aromatic rings. The fraction of sp³-hybridized carbons (Fsp3) is 0.464. The van der Waals surface area contributed by atoms with Gasteiger partial charge in [-0.05, 0) is 156 Å². The van der Waals surface area contributed by atoms with Gasteiger partial charge in [0.2, 0.25) is 0 Å². The van der Waals surface area contributed by atoms with Crippen molar-refractivity contribution in [3.8, 4) is 11.5 Å². The summed E-state index contributed by atoms with van der Waals surface area (Å²) in [6.07, 6.45) is 18.2. The summed E-state index contributed by atoms with van der Waals surface area (Å²) >= 11 is 2.18. The lowest BCUT2D eigenvalue weighted by Crippen LogP contribution is -2.21. The van der Waals surface area contributed by atoms with E-state index in [0.29, 0.717) is 50.2 Å². The highest BCUT2D eigenvalue weighted by Gasteiger charge is 2.33. The molecule has 0 bridgehead atoms. The van der Waals surface area contributed by atoms with E-state index in [9.17, 15) is 24.0 Å². The van der Waals surface area contributed by atoms with Crippen LogP contribution < -0.4 is 9.47 Å². The summed E-state index contributed by atoms with van der Waals surface area (Å²) in [7, 11) is 0. The van der Waals surface area contributed by atoms with Crippen molar-refractivity contribution in [2.45, 2.75) is 143 Å². The van der Waals surface area contributed by atoms with Crippen molar-refractivity contribution in [1.29, 1.82) is 0 Å². The van der Waals surface area contributed by atoms with Crippen LogP contribution in [0.2, 0.25) is 0 Å². The smallest absolute Gasteiger partial charge is 0.343 e. The zero-order chi connectivity index (χ0) is 50.4. The van der Waals surface area contributed by atoms with Gasteiger partial charge in [0, 0.05) is 25.4 Å². The van der Waals surface area contributed by atoms with Crippen LogP contribution in [0.25, 0.3) is 4.85 Å². The Hall–Kier alpha value is -5.66. The molecule has 71 heavy (non-hydrogen) atoms. The standard InChI is InChI=1S/C56H65NO12S2/c1-5-48(58)66-36-14-10-8-12-34-64-44-28-24-40(25-29-44)38-16-20-42(21-17-38)53(60)68-46-32-33-47(52-51(46)70-56(71-52)50(57-4)55(62)63-7-3)69-54(61)43-22-18-39(19-23-43)41-26-30-45(31-27-41)65-35-13-9-11-15-37-67-49(59)6-2/h5-6,16-23,32-33,40-41,44-45H,1-2,7-15,24-31,34-37H2,3H3. The average Bonchev–Trinajstić information content (AvgIpc) is 3.85. The largest absolute Gasteiger partial charge is 0.471 e. The Balaban J connectivity index is 1.00. The number of unbranched alkanes of at least 4 members (excludes halogenated alkanes) is 6. The molecule has 0 spiro atoms. The van der Waals surface area contributed by atoms with Gasteiger partial charge in [-0.2, -0.15) is 0 Å². The molecule has 0 unspecified atom stereocenters. The van der Waals surface area contributed by atoms with E-state index in [0.717, 1.165) is 151 Å². The summed E-state index contributed by atoms with van der Waals surface area (Å²) in [5.41, 5.74) is 2.83. The zero-order valence-corrected chi connectivity index (χ0v) is 42.3. The number of carbonyl (C=O) groups is 5. The van der Waals surface area contributed by atoms with E-state index < -0.39 is 17.9 Å². The molecule has 13 nitrogen and oxygen atoms in total. The van der Waals surface area contributed by atoms with Gasteiger partial charge < -0.3 is 33.2 Å². The Kier molecular flexibility index (Phi) is 22.3. The lowest BCUT2D eigenvalue weighted by Gasteiger charge is -2.29. The van der Waals surface area contributed by atoms with Gasteiger partial charge in [0.25, 0.3) is 5.70 Å². The third-order valence-electron chi connectivity index (χ3n) is 12.8. The minimum absolute atomic E-state index is 0.0879. The van der Waals surface area contributed by atoms with Crippen LogP contribution in [-0.4, -0.2) is 75.1 Å². The molecule has 378 valence electrons. The van der Waals surface area contributed by atoms with Crippen LogP contribution in [0.3, 0.4) is 0 Å². The van der Waals surface area contributed by atoms with Crippen molar-refractivity contribution in [2.75, 3.05) is 33.0 Å². The van der Waals surface area contributed by atoms with Gasteiger partial charge in [-0.25, -0.2) is 24.0 Å². The highest BCUT2D eigenvalue weighted by atomic mass is 32.2. The molecule has 3 aromatic carbocycles. The Labute approximate surface area is 426 Å². The predicted molar refractivity (Wildman–Crippen MR) is 272 cm³/mol. The molecule has 0 radical (unpaired) electrons. The van der Waals surface area contributed by atoms with Gasteiger partial charge in [-0.15, -0.1) is 0 Å². The number of carbonyl (C=O) groups excluding carboxylic acids is 5. The van der Waals surface area contributed by atoms with Gasteiger partial charge in [-0.3, -0.25) is 4.79 Å². The summed E-state index contributed by atoms with van der Waals surface area (Å²) < 4.78 is 39.8. The van der Waals surface area contributed by atoms with Crippen molar-refractivity contribution in [2.24, 2.45) is 0 Å². The maximum Gasteiger partial charge on any atom is 0.343 e. The third kappa shape index (κ3) is 16.7. The fourth-order valence-corrected chi connectivity index (χ4v) is 11.4. The molecular formula is C56H65NO12S2. The second-order valence-corrected chi connectivity index (χ2v) is 20.0. The molecule has 3 aliphatic rings. The molecule has 1 heterocycles. The Morgan fingerprint density at radius 1 is 0.563 bits per heavy atom. The fourth-order valence-electron chi connectivity index (χ4n) is 8.86. The maximum absolute atomic E-state index is 13.6. The molecule has 0 aromatic heterocycles. The summed E-state index contributed by atoms with van der Waals surface area (Å²) in [4.78, 5) is 66.8. The summed E-state index contributed by atoms with van der Waals surface area (Å²) in [5.74, 6) is -1.57. The van der Waals surface area contributed by atoms with E-state index in [1.165, 1.54) is 12.2 Å². The SMILES string of the molecule is [C-]#[N+]C(C(=O)OCC)=C1Sc2c(OC(=O)c3ccc(C4CCC(OCCCCCCOC(=O)C=C)CC4)cc3)ccc(OC(=O)c3ccc(C4CCC(OCCCCCCOC(=O)C=C)CC4)cc3)c2S1. The Morgan fingerprint density at radius 3 is 1.32 bits per heavy atom. The van der Waals surface area contributed by atoms with Crippen LogP contribution in [0.5, 0.6) is 11.5 Å². The normalized spacial score (nSPS) is 18.3. The first-order chi connectivity index (χ1) is 34.6. The van der Waals surface area contributed by atoms with E-state index >= 15 is 0 Å². The van der Waals surface area contributed by atoms with Crippen LogP contribution in [0.1, 0.15) is 153 Å². The quantitative estimate of drug-likeness (QED) is 0.0187. The number of fused-ring (bicyclic) bond motifs is 1. The van der Waals surface area contributed by atoms with Crippen LogP contribution in [0, 0.1) is 6.57 Å². The molecule has 0 N–H and O–H groups in total. The lowest BCUT2D eigenvalue weighted by atomic mass is 9.82. The van der Waals surface area contributed by atoms with Crippen molar-refractivity contribution in [1.82, 2.24) is 0 Å². The monoisotopic (exact) mass is 1010 g/mol. The summed E-state index contributed by atoms with van der Waals surface area (Å²) in [5, 5.41) is 0. The molecule has 2 saturated carbocycles. The number of hydrogen-bond acceptors (Lipinski definition) is 14.